The third-order valence-corrected chi connectivity index (χ3v) is 3.99. The highest BCUT2D eigenvalue weighted by Gasteiger charge is 2.22. The van der Waals surface area contributed by atoms with Crippen LogP contribution in [0, 0.1) is 0 Å². The van der Waals surface area contributed by atoms with E-state index in [1.807, 2.05) is 23.1 Å². The number of hydrogen-bond donors (Lipinski definition) is 0. The first-order chi connectivity index (χ1) is 10.7. The minimum atomic E-state index is 0.0574. The van der Waals surface area contributed by atoms with Gasteiger partial charge in [0.05, 0.1) is 5.69 Å². The summed E-state index contributed by atoms with van der Waals surface area (Å²) in [5.41, 5.74) is 4.32. The number of nitrogens with zero attached hydrogens (tertiary/aromatic N) is 4. The molecular formula is C17H20N4O. The van der Waals surface area contributed by atoms with Gasteiger partial charge in [-0.05, 0) is 6.42 Å². The van der Waals surface area contributed by atoms with Gasteiger partial charge in [0.15, 0.2) is 0 Å². The Morgan fingerprint density at radius 2 is 1.82 bits per heavy atom. The van der Waals surface area contributed by atoms with Gasteiger partial charge in [0.1, 0.15) is 6.33 Å². The third-order valence-electron chi connectivity index (χ3n) is 3.99. The molecule has 0 unspecified atom stereocenters. The highest BCUT2D eigenvalue weighted by atomic mass is 16.2. The Morgan fingerprint density at radius 1 is 1.09 bits per heavy atom. The zero-order valence-electron chi connectivity index (χ0n) is 13.0. The Balaban J connectivity index is 1.91. The second-order valence-electron chi connectivity index (χ2n) is 5.68. The number of hydrogen-bond acceptors (Lipinski definition) is 3. The van der Waals surface area contributed by atoms with Crippen molar-refractivity contribution in [3.8, 4) is 11.3 Å². The zero-order chi connectivity index (χ0) is 15.5. The van der Waals surface area contributed by atoms with Crippen LogP contribution in [0.1, 0.15) is 11.3 Å². The fourth-order valence-corrected chi connectivity index (χ4v) is 2.85. The molecule has 0 spiro atoms. The lowest BCUT2D eigenvalue weighted by molar-refractivity contribution is 0.173. The number of fused-ring (bicyclic) bond motifs is 1. The molecule has 1 aliphatic rings. The number of carbonyl (C=O) groups is 1. The summed E-state index contributed by atoms with van der Waals surface area (Å²) in [5.74, 6) is 0. The Labute approximate surface area is 130 Å². The molecule has 0 bridgehead atoms. The largest absolute Gasteiger partial charge is 0.331 e. The molecule has 0 aliphatic carbocycles. The van der Waals surface area contributed by atoms with Crippen molar-refractivity contribution in [1.82, 2.24) is 19.8 Å². The van der Waals surface area contributed by atoms with Crippen LogP contribution < -0.4 is 0 Å². The summed E-state index contributed by atoms with van der Waals surface area (Å²) in [6.07, 6.45) is 3.20. The highest BCUT2D eigenvalue weighted by Crippen LogP contribution is 2.25. The predicted octanol–water partition coefficient (Wildman–Crippen LogP) is 2.23. The Bertz CT molecular complexity index is 670. The first-order valence-corrected chi connectivity index (χ1v) is 7.51. The van der Waals surface area contributed by atoms with E-state index in [2.05, 4.69) is 22.1 Å². The molecule has 114 valence electrons. The molecule has 0 N–H and O–H groups in total. The van der Waals surface area contributed by atoms with E-state index < -0.39 is 0 Å². The molecule has 22 heavy (non-hydrogen) atoms. The number of amides is 2. The Hall–Kier alpha value is -2.43. The molecule has 0 fully saturated rings. The average Bonchev–Trinajstić information content (AvgIpc) is 2.77. The van der Waals surface area contributed by atoms with Crippen LogP contribution in [0.4, 0.5) is 4.79 Å². The lowest BCUT2D eigenvalue weighted by Crippen LogP contribution is -2.40. The molecule has 2 aromatic rings. The zero-order valence-corrected chi connectivity index (χ0v) is 13.0. The van der Waals surface area contributed by atoms with Crippen LogP contribution in [0.25, 0.3) is 11.3 Å². The van der Waals surface area contributed by atoms with Gasteiger partial charge in [0.2, 0.25) is 0 Å². The van der Waals surface area contributed by atoms with Crippen molar-refractivity contribution >= 4 is 6.03 Å². The molecular weight excluding hydrogens is 276 g/mol. The van der Waals surface area contributed by atoms with Crippen molar-refractivity contribution in [3.63, 3.8) is 0 Å². The van der Waals surface area contributed by atoms with Gasteiger partial charge in [-0.2, -0.15) is 0 Å². The fraction of sp³-hybridized carbons (Fsp3) is 0.353. The van der Waals surface area contributed by atoms with E-state index in [9.17, 15) is 4.79 Å². The number of carbonyl (C=O) groups excluding carboxylic acids is 1. The molecule has 2 amide bonds. The minimum Gasteiger partial charge on any atom is -0.331 e. The summed E-state index contributed by atoms with van der Waals surface area (Å²) in [6.45, 7) is 1.41. The van der Waals surface area contributed by atoms with Gasteiger partial charge in [0, 0.05) is 50.4 Å². The van der Waals surface area contributed by atoms with Crippen LogP contribution in [0.15, 0.2) is 36.7 Å². The van der Waals surface area contributed by atoms with Crippen LogP contribution in [0.3, 0.4) is 0 Å². The number of aromatic nitrogens is 2. The normalized spacial score (nSPS) is 14.2. The predicted molar refractivity (Wildman–Crippen MR) is 85.5 cm³/mol. The Kier molecular flexibility index (Phi) is 4.04. The average molecular weight is 296 g/mol. The standard InChI is InChI=1S/C17H20N4O/c1-20(2)17(22)21-10-8-14-15(9-11-21)18-12-19-16(14)13-6-4-3-5-7-13/h3-7,12H,8-11H2,1-2H3. The lowest BCUT2D eigenvalue weighted by atomic mass is 10.0. The fourth-order valence-electron chi connectivity index (χ4n) is 2.85. The summed E-state index contributed by atoms with van der Waals surface area (Å²) in [5, 5.41) is 0. The third kappa shape index (κ3) is 2.79. The molecule has 3 rings (SSSR count). The van der Waals surface area contributed by atoms with Crippen LogP contribution in [-0.2, 0) is 12.8 Å². The van der Waals surface area contributed by atoms with Crippen LogP contribution >= 0.6 is 0 Å². The molecule has 5 nitrogen and oxygen atoms in total. The molecule has 1 aliphatic heterocycles. The monoisotopic (exact) mass is 296 g/mol. The van der Waals surface area contributed by atoms with E-state index in [-0.39, 0.29) is 6.03 Å². The van der Waals surface area contributed by atoms with Gasteiger partial charge in [-0.1, -0.05) is 30.3 Å². The first kappa shape index (κ1) is 14.5. The lowest BCUT2D eigenvalue weighted by Gasteiger charge is -2.24. The Morgan fingerprint density at radius 3 is 2.55 bits per heavy atom. The first-order valence-electron chi connectivity index (χ1n) is 7.51. The van der Waals surface area contributed by atoms with Crippen LogP contribution in [0.5, 0.6) is 0 Å². The molecule has 0 saturated carbocycles. The van der Waals surface area contributed by atoms with E-state index in [4.69, 9.17) is 0 Å². The molecule has 0 radical (unpaired) electrons. The summed E-state index contributed by atoms with van der Waals surface area (Å²) in [4.78, 5) is 24.6. The maximum atomic E-state index is 12.2. The summed E-state index contributed by atoms with van der Waals surface area (Å²) >= 11 is 0. The van der Waals surface area contributed by atoms with Gasteiger partial charge in [-0.15, -0.1) is 0 Å². The second-order valence-corrected chi connectivity index (χ2v) is 5.68. The van der Waals surface area contributed by atoms with Crippen molar-refractivity contribution in [2.45, 2.75) is 12.8 Å². The van der Waals surface area contributed by atoms with Crippen LogP contribution in [-0.4, -0.2) is 53.0 Å². The van der Waals surface area contributed by atoms with E-state index in [0.717, 1.165) is 29.8 Å². The minimum absolute atomic E-state index is 0.0574. The maximum absolute atomic E-state index is 12.2. The van der Waals surface area contributed by atoms with E-state index in [0.29, 0.717) is 13.1 Å². The summed E-state index contributed by atoms with van der Waals surface area (Å²) < 4.78 is 0. The second kappa shape index (κ2) is 6.13. The van der Waals surface area contributed by atoms with Gasteiger partial charge in [-0.3, -0.25) is 0 Å². The molecule has 0 saturated heterocycles. The van der Waals surface area contributed by atoms with Gasteiger partial charge >= 0.3 is 6.03 Å². The summed E-state index contributed by atoms with van der Waals surface area (Å²) in [6, 6.07) is 10.2. The van der Waals surface area contributed by atoms with Crippen molar-refractivity contribution in [1.29, 1.82) is 0 Å². The van der Waals surface area contributed by atoms with Crippen LogP contribution in [0.2, 0.25) is 0 Å². The number of urea groups is 1. The van der Waals surface area contributed by atoms with Crippen molar-refractivity contribution in [3.05, 3.63) is 47.9 Å². The highest BCUT2D eigenvalue weighted by molar-refractivity contribution is 5.74. The van der Waals surface area contributed by atoms with E-state index in [1.54, 1.807) is 25.3 Å². The van der Waals surface area contributed by atoms with E-state index in [1.165, 1.54) is 5.56 Å². The van der Waals surface area contributed by atoms with Gasteiger partial charge in [0.25, 0.3) is 0 Å². The number of rotatable bonds is 1. The molecule has 0 atom stereocenters. The van der Waals surface area contributed by atoms with Crippen molar-refractivity contribution in [2.75, 3.05) is 27.2 Å². The van der Waals surface area contributed by atoms with E-state index >= 15 is 0 Å². The smallest absolute Gasteiger partial charge is 0.319 e. The quantitative estimate of drug-likeness (QED) is 0.811. The van der Waals surface area contributed by atoms with Crippen molar-refractivity contribution in [2.24, 2.45) is 0 Å². The molecule has 5 heteroatoms. The molecule has 1 aromatic heterocycles. The number of benzene rings is 1. The SMILES string of the molecule is CN(C)C(=O)N1CCc2ncnc(-c3ccccc3)c2CC1. The maximum Gasteiger partial charge on any atom is 0.319 e. The van der Waals surface area contributed by atoms with Crippen molar-refractivity contribution < 1.29 is 4.79 Å². The van der Waals surface area contributed by atoms with Gasteiger partial charge in [-0.25, -0.2) is 14.8 Å². The molecule has 2 heterocycles. The van der Waals surface area contributed by atoms with Gasteiger partial charge < -0.3 is 9.80 Å². The topological polar surface area (TPSA) is 49.3 Å². The molecule has 1 aromatic carbocycles. The summed E-state index contributed by atoms with van der Waals surface area (Å²) in [7, 11) is 3.57.